The highest BCUT2D eigenvalue weighted by atomic mass is 19.1. The summed E-state index contributed by atoms with van der Waals surface area (Å²) < 4.78 is 12.9. The van der Waals surface area contributed by atoms with Gasteiger partial charge < -0.3 is 5.32 Å². The Hall–Kier alpha value is -0.930. The van der Waals surface area contributed by atoms with Crippen molar-refractivity contribution < 1.29 is 4.39 Å². The molecule has 1 aliphatic rings. The fourth-order valence-corrected chi connectivity index (χ4v) is 2.77. The Morgan fingerprint density at radius 3 is 2.45 bits per heavy atom. The molecule has 1 fully saturated rings. The minimum Gasteiger partial charge on any atom is -0.316 e. The zero-order valence-electron chi connectivity index (χ0n) is 12.7. The molecule has 0 bridgehead atoms. The van der Waals surface area contributed by atoms with Crippen LogP contribution in [0.5, 0.6) is 0 Å². The zero-order valence-corrected chi connectivity index (χ0v) is 12.7. The second-order valence-electron chi connectivity index (χ2n) is 6.40. The number of piperidine rings is 1. The summed E-state index contributed by atoms with van der Waals surface area (Å²) in [6, 6.07) is 6.90. The lowest BCUT2D eigenvalue weighted by Crippen LogP contribution is -2.37. The molecule has 2 rings (SSSR count). The van der Waals surface area contributed by atoms with Crippen molar-refractivity contribution in [3.63, 3.8) is 0 Å². The number of nitrogens with zero attached hydrogens (tertiary/aromatic N) is 1. The third-order valence-corrected chi connectivity index (χ3v) is 4.01. The van der Waals surface area contributed by atoms with Crippen LogP contribution in [0.4, 0.5) is 4.39 Å². The number of nitrogens with one attached hydrogen (secondary N) is 1. The summed E-state index contributed by atoms with van der Waals surface area (Å²) in [7, 11) is 0. The van der Waals surface area contributed by atoms with Crippen LogP contribution in [0.3, 0.4) is 0 Å². The summed E-state index contributed by atoms with van der Waals surface area (Å²) in [6.07, 6.45) is 2.54. The summed E-state index contributed by atoms with van der Waals surface area (Å²) in [6.45, 7) is 10.0. The molecule has 1 heterocycles. The van der Waals surface area contributed by atoms with E-state index in [0.717, 1.165) is 44.6 Å². The first kappa shape index (κ1) is 15.5. The van der Waals surface area contributed by atoms with Gasteiger partial charge in [0.15, 0.2) is 0 Å². The normalized spacial score (nSPS) is 17.8. The molecule has 0 atom stereocenters. The lowest BCUT2D eigenvalue weighted by molar-refractivity contribution is 0.175. The van der Waals surface area contributed by atoms with Gasteiger partial charge in [0.05, 0.1) is 0 Å². The van der Waals surface area contributed by atoms with Crippen molar-refractivity contribution in [3.8, 4) is 0 Å². The van der Waals surface area contributed by atoms with E-state index in [4.69, 9.17) is 0 Å². The highest BCUT2D eigenvalue weighted by molar-refractivity contribution is 5.15. The largest absolute Gasteiger partial charge is 0.316 e. The van der Waals surface area contributed by atoms with Gasteiger partial charge in [-0.1, -0.05) is 26.0 Å². The van der Waals surface area contributed by atoms with Gasteiger partial charge in [-0.15, -0.1) is 0 Å². The van der Waals surface area contributed by atoms with E-state index in [1.54, 1.807) is 12.1 Å². The van der Waals surface area contributed by atoms with Crippen molar-refractivity contribution in [3.05, 3.63) is 35.6 Å². The quantitative estimate of drug-likeness (QED) is 0.859. The van der Waals surface area contributed by atoms with E-state index in [-0.39, 0.29) is 5.82 Å². The highest BCUT2D eigenvalue weighted by Crippen LogP contribution is 2.18. The van der Waals surface area contributed by atoms with E-state index in [1.165, 1.54) is 18.4 Å². The fourth-order valence-electron chi connectivity index (χ4n) is 2.77. The third-order valence-electron chi connectivity index (χ3n) is 4.01. The van der Waals surface area contributed by atoms with Crippen LogP contribution >= 0.6 is 0 Å². The Kier molecular flexibility index (Phi) is 5.99. The fraction of sp³-hybridized carbons (Fsp3) is 0.647. The molecule has 0 saturated carbocycles. The topological polar surface area (TPSA) is 15.3 Å². The smallest absolute Gasteiger partial charge is 0.123 e. The molecule has 1 aliphatic heterocycles. The molecule has 1 saturated heterocycles. The van der Waals surface area contributed by atoms with Crippen LogP contribution in [-0.4, -0.2) is 31.1 Å². The second kappa shape index (κ2) is 7.75. The molecule has 20 heavy (non-hydrogen) atoms. The van der Waals surface area contributed by atoms with Crippen molar-refractivity contribution in [1.82, 2.24) is 10.2 Å². The van der Waals surface area contributed by atoms with E-state index >= 15 is 0 Å². The Morgan fingerprint density at radius 2 is 1.85 bits per heavy atom. The average molecular weight is 278 g/mol. The van der Waals surface area contributed by atoms with Gasteiger partial charge in [-0.2, -0.15) is 0 Å². The molecular formula is C17H27FN2. The van der Waals surface area contributed by atoms with Gasteiger partial charge >= 0.3 is 0 Å². The van der Waals surface area contributed by atoms with Crippen LogP contribution in [0.25, 0.3) is 0 Å². The lowest BCUT2D eigenvalue weighted by Gasteiger charge is -2.32. The van der Waals surface area contributed by atoms with Crippen molar-refractivity contribution in [2.45, 2.75) is 33.2 Å². The van der Waals surface area contributed by atoms with Crippen LogP contribution in [0.15, 0.2) is 24.3 Å². The van der Waals surface area contributed by atoms with E-state index in [1.807, 2.05) is 12.1 Å². The van der Waals surface area contributed by atoms with Crippen LogP contribution in [-0.2, 0) is 6.54 Å². The van der Waals surface area contributed by atoms with E-state index in [2.05, 4.69) is 24.1 Å². The number of likely N-dealkylation sites (tertiary alicyclic amines) is 1. The maximum atomic E-state index is 12.9. The number of halogens is 1. The van der Waals surface area contributed by atoms with Crippen LogP contribution < -0.4 is 5.32 Å². The first-order valence-electron chi connectivity index (χ1n) is 7.81. The van der Waals surface area contributed by atoms with E-state index in [0.29, 0.717) is 0 Å². The first-order valence-corrected chi connectivity index (χ1v) is 7.81. The lowest BCUT2D eigenvalue weighted by atomic mass is 9.96. The molecule has 0 aliphatic carbocycles. The molecule has 1 aromatic carbocycles. The van der Waals surface area contributed by atoms with Crippen LogP contribution in [0.1, 0.15) is 32.3 Å². The van der Waals surface area contributed by atoms with Crippen molar-refractivity contribution in [1.29, 1.82) is 0 Å². The molecule has 0 radical (unpaired) electrons. The Bertz CT molecular complexity index is 380. The Balaban J connectivity index is 1.67. The first-order chi connectivity index (χ1) is 9.63. The maximum Gasteiger partial charge on any atom is 0.123 e. The van der Waals surface area contributed by atoms with Crippen LogP contribution in [0, 0.1) is 17.7 Å². The summed E-state index contributed by atoms with van der Waals surface area (Å²) in [5.41, 5.74) is 1.21. The minimum atomic E-state index is -0.149. The molecule has 0 spiro atoms. The van der Waals surface area contributed by atoms with Crippen molar-refractivity contribution in [2.24, 2.45) is 11.8 Å². The van der Waals surface area contributed by atoms with E-state index < -0.39 is 0 Å². The molecule has 1 N–H and O–H groups in total. The predicted molar refractivity (Wildman–Crippen MR) is 82.1 cm³/mol. The molecule has 0 unspecified atom stereocenters. The van der Waals surface area contributed by atoms with Crippen LogP contribution in [0.2, 0.25) is 0 Å². The molecule has 2 nitrogen and oxygen atoms in total. The number of rotatable bonds is 6. The monoisotopic (exact) mass is 278 g/mol. The van der Waals surface area contributed by atoms with Gasteiger partial charge in [0, 0.05) is 6.54 Å². The SMILES string of the molecule is CC(C)CNCC1CCN(Cc2ccc(F)cc2)CC1. The Labute approximate surface area is 122 Å². The zero-order chi connectivity index (χ0) is 14.4. The van der Waals surface area contributed by atoms with E-state index in [9.17, 15) is 4.39 Å². The number of benzene rings is 1. The maximum absolute atomic E-state index is 12.9. The number of hydrogen-bond donors (Lipinski definition) is 1. The molecule has 0 aromatic heterocycles. The van der Waals surface area contributed by atoms with Gasteiger partial charge in [0.25, 0.3) is 0 Å². The molecular weight excluding hydrogens is 251 g/mol. The van der Waals surface area contributed by atoms with Crippen molar-refractivity contribution in [2.75, 3.05) is 26.2 Å². The highest BCUT2D eigenvalue weighted by Gasteiger charge is 2.18. The molecule has 112 valence electrons. The molecule has 1 aromatic rings. The number of hydrogen-bond acceptors (Lipinski definition) is 2. The van der Waals surface area contributed by atoms with Gasteiger partial charge in [0.2, 0.25) is 0 Å². The van der Waals surface area contributed by atoms with Gasteiger partial charge in [0.1, 0.15) is 5.82 Å². The summed E-state index contributed by atoms with van der Waals surface area (Å²) >= 11 is 0. The van der Waals surface area contributed by atoms with Gasteiger partial charge in [-0.05, 0) is 68.6 Å². The summed E-state index contributed by atoms with van der Waals surface area (Å²) in [5, 5.41) is 3.57. The van der Waals surface area contributed by atoms with Crippen molar-refractivity contribution >= 4 is 0 Å². The molecule has 0 amide bonds. The summed E-state index contributed by atoms with van der Waals surface area (Å²) in [5.74, 6) is 1.40. The van der Waals surface area contributed by atoms with Gasteiger partial charge in [-0.3, -0.25) is 4.90 Å². The minimum absolute atomic E-state index is 0.149. The molecule has 3 heteroatoms. The Morgan fingerprint density at radius 1 is 1.20 bits per heavy atom. The predicted octanol–water partition coefficient (Wildman–Crippen LogP) is 3.28. The second-order valence-corrected chi connectivity index (χ2v) is 6.40. The third kappa shape index (κ3) is 5.22. The van der Waals surface area contributed by atoms with Gasteiger partial charge in [-0.25, -0.2) is 4.39 Å². The average Bonchev–Trinajstić information content (AvgIpc) is 2.43. The summed E-state index contributed by atoms with van der Waals surface area (Å²) in [4.78, 5) is 2.48. The standard InChI is InChI=1S/C17H27FN2/c1-14(2)11-19-12-15-7-9-20(10-8-15)13-16-3-5-17(18)6-4-16/h3-6,14-15,19H,7-13H2,1-2H3.